The lowest BCUT2D eigenvalue weighted by Gasteiger charge is -2.08. The number of hydrogen-bond acceptors (Lipinski definition) is 4. The van der Waals surface area contributed by atoms with Crippen LogP contribution in [-0.4, -0.2) is 32.7 Å². The number of aryl methyl sites for hydroxylation is 1. The topological polar surface area (TPSA) is 68.1 Å². The lowest BCUT2D eigenvalue weighted by Crippen LogP contribution is -2.07. The molecule has 3 aromatic carbocycles. The summed E-state index contributed by atoms with van der Waals surface area (Å²) >= 11 is 0. The fourth-order valence-electron chi connectivity index (χ4n) is 4.25. The maximum absolute atomic E-state index is 5.30. The van der Waals surface area contributed by atoms with Gasteiger partial charge in [-0.2, -0.15) is 9.78 Å². The molecule has 0 spiro atoms. The standard InChI is InChI=1S/C26H21N5O/c1-16-7-9-17(10-8-16)24-25-21(20-5-3-4-6-22(20)27-25)15-23-28-29-26(31(23)30-24)18-11-13-19(32-2)14-12-18/h3-14,27H,15H2,1-2H3. The predicted octanol–water partition coefficient (Wildman–Crippen LogP) is 4.95. The Balaban J connectivity index is 1.59. The van der Waals surface area contributed by atoms with Gasteiger partial charge in [-0.3, -0.25) is 0 Å². The van der Waals surface area contributed by atoms with Crippen molar-refractivity contribution in [3.63, 3.8) is 0 Å². The predicted molar refractivity (Wildman–Crippen MR) is 125 cm³/mol. The molecule has 1 N–H and O–H groups in total. The van der Waals surface area contributed by atoms with E-state index in [-0.39, 0.29) is 0 Å². The Morgan fingerprint density at radius 2 is 1.62 bits per heavy atom. The van der Waals surface area contributed by atoms with Gasteiger partial charge in [0.15, 0.2) is 11.6 Å². The van der Waals surface area contributed by atoms with E-state index in [1.54, 1.807) is 7.11 Å². The van der Waals surface area contributed by atoms with Crippen LogP contribution in [0.25, 0.3) is 22.3 Å². The van der Waals surface area contributed by atoms with E-state index in [1.807, 2.05) is 35.0 Å². The number of methoxy groups -OCH3 is 1. The molecule has 0 amide bonds. The smallest absolute Gasteiger partial charge is 0.185 e. The van der Waals surface area contributed by atoms with Crippen LogP contribution in [0.15, 0.2) is 77.9 Å². The van der Waals surface area contributed by atoms with Crippen LogP contribution in [0.5, 0.6) is 5.75 Å². The largest absolute Gasteiger partial charge is 0.497 e. The number of nitrogens with zero attached hydrogens (tertiary/aromatic N) is 4. The maximum atomic E-state index is 5.30. The van der Waals surface area contributed by atoms with E-state index < -0.39 is 0 Å². The fraction of sp³-hybridized carbons (Fsp3) is 0.115. The van der Waals surface area contributed by atoms with Gasteiger partial charge in [0.2, 0.25) is 0 Å². The molecule has 32 heavy (non-hydrogen) atoms. The zero-order chi connectivity index (χ0) is 21.7. The van der Waals surface area contributed by atoms with Gasteiger partial charge in [-0.1, -0.05) is 48.0 Å². The highest BCUT2D eigenvalue weighted by molar-refractivity contribution is 6.15. The number of H-pyrrole nitrogens is 1. The van der Waals surface area contributed by atoms with Gasteiger partial charge in [-0.15, -0.1) is 10.2 Å². The molecule has 0 atom stereocenters. The van der Waals surface area contributed by atoms with E-state index in [1.165, 1.54) is 16.5 Å². The van der Waals surface area contributed by atoms with Crippen LogP contribution in [0.2, 0.25) is 0 Å². The second-order valence-corrected chi connectivity index (χ2v) is 8.00. The van der Waals surface area contributed by atoms with Crippen LogP contribution in [0, 0.1) is 6.92 Å². The molecule has 0 saturated carbocycles. The first-order valence-electron chi connectivity index (χ1n) is 10.6. The summed E-state index contributed by atoms with van der Waals surface area (Å²) in [4.78, 5) is 3.61. The average Bonchev–Trinajstić information content (AvgIpc) is 3.36. The molecule has 5 aromatic rings. The Morgan fingerprint density at radius 3 is 2.41 bits per heavy atom. The van der Waals surface area contributed by atoms with Crippen molar-refractivity contribution < 1.29 is 4.74 Å². The minimum Gasteiger partial charge on any atom is -0.497 e. The van der Waals surface area contributed by atoms with Crippen molar-refractivity contribution in [1.82, 2.24) is 19.9 Å². The highest BCUT2D eigenvalue weighted by Crippen LogP contribution is 2.31. The first-order valence-corrected chi connectivity index (χ1v) is 10.6. The Morgan fingerprint density at radius 1 is 0.875 bits per heavy atom. The third kappa shape index (κ3) is 2.92. The molecule has 0 radical (unpaired) electrons. The first-order chi connectivity index (χ1) is 15.7. The minimum atomic E-state index is 0.640. The zero-order valence-corrected chi connectivity index (χ0v) is 17.8. The van der Waals surface area contributed by atoms with E-state index in [0.29, 0.717) is 12.2 Å². The van der Waals surface area contributed by atoms with Gasteiger partial charge in [-0.25, -0.2) is 0 Å². The molecule has 6 rings (SSSR count). The van der Waals surface area contributed by atoms with Crippen molar-refractivity contribution in [2.75, 3.05) is 7.11 Å². The first kappa shape index (κ1) is 18.6. The summed E-state index contributed by atoms with van der Waals surface area (Å²) in [6.07, 6.45) is 0.640. The van der Waals surface area contributed by atoms with E-state index in [9.17, 15) is 0 Å². The monoisotopic (exact) mass is 419 g/mol. The third-order valence-electron chi connectivity index (χ3n) is 5.96. The molecular weight excluding hydrogens is 398 g/mol. The Hall–Kier alpha value is -4.19. The number of aromatic nitrogens is 4. The molecule has 1 aliphatic heterocycles. The molecule has 0 aliphatic carbocycles. The van der Waals surface area contributed by atoms with Crippen molar-refractivity contribution in [2.24, 2.45) is 5.10 Å². The number of benzene rings is 3. The van der Waals surface area contributed by atoms with Crippen molar-refractivity contribution in [2.45, 2.75) is 13.3 Å². The van der Waals surface area contributed by atoms with Gasteiger partial charge >= 0.3 is 0 Å². The number of fused-ring (bicyclic) bond motifs is 4. The van der Waals surface area contributed by atoms with Crippen molar-refractivity contribution >= 4 is 16.6 Å². The molecule has 6 nitrogen and oxygen atoms in total. The lowest BCUT2D eigenvalue weighted by atomic mass is 10.00. The van der Waals surface area contributed by atoms with Crippen molar-refractivity contribution in [3.8, 4) is 17.1 Å². The third-order valence-corrected chi connectivity index (χ3v) is 5.96. The number of para-hydroxylation sites is 1. The van der Waals surface area contributed by atoms with Gasteiger partial charge < -0.3 is 9.72 Å². The highest BCUT2D eigenvalue weighted by Gasteiger charge is 2.25. The van der Waals surface area contributed by atoms with E-state index in [0.717, 1.165) is 39.6 Å². The summed E-state index contributed by atoms with van der Waals surface area (Å²) < 4.78 is 7.18. The summed E-state index contributed by atoms with van der Waals surface area (Å²) in [6.45, 7) is 2.09. The van der Waals surface area contributed by atoms with Crippen LogP contribution in [0.3, 0.4) is 0 Å². The molecular formula is C26H21N5O. The second-order valence-electron chi connectivity index (χ2n) is 8.00. The van der Waals surface area contributed by atoms with Gasteiger partial charge in [0, 0.05) is 28.5 Å². The molecule has 0 bridgehead atoms. The Kier molecular flexibility index (Phi) is 4.18. The summed E-state index contributed by atoms with van der Waals surface area (Å²) in [5.41, 5.74) is 7.39. The molecule has 0 saturated heterocycles. The summed E-state index contributed by atoms with van der Waals surface area (Å²) in [6, 6.07) is 24.6. The van der Waals surface area contributed by atoms with Crippen molar-refractivity contribution in [1.29, 1.82) is 0 Å². The molecule has 6 heteroatoms. The molecule has 1 aliphatic rings. The minimum absolute atomic E-state index is 0.640. The quantitative estimate of drug-likeness (QED) is 0.441. The number of aromatic amines is 1. The van der Waals surface area contributed by atoms with Crippen LogP contribution in [-0.2, 0) is 6.42 Å². The molecule has 3 heterocycles. The lowest BCUT2D eigenvalue weighted by molar-refractivity contribution is 0.415. The van der Waals surface area contributed by atoms with Crippen molar-refractivity contribution in [3.05, 3.63) is 101 Å². The van der Waals surface area contributed by atoms with Crippen LogP contribution in [0.4, 0.5) is 0 Å². The van der Waals surface area contributed by atoms with Gasteiger partial charge in [-0.05, 0) is 42.8 Å². The van der Waals surface area contributed by atoms with Crippen LogP contribution >= 0.6 is 0 Å². The Bertz CT molecular complexity index is 1470. The maximum Gasteiger partial charge on any atom is 0.185 e. The zero-order valence-electron chi connectivity index (χ0n) is 17.8. The number of nitrogens with one attached hydrogen (secondary N) is 1. The van der Waals surface area contributed by atoms with E-state index in [4.69, 9.17) is 9.84 Å². The normalized spacial score (nSPS) is 12.8. The molecule has 2 aromatic heterocycles. The van der Waals surface area contributed by atoms with Gasteiger partial charge in [0.05, 0.1) is 12.8 Å². The van der Waals surface area contributed by atoms with E-state index >= 15 is 0 Å². The summed E-state index contributed by atoms with van der Waals surface area (Å²) in [5, 5.41) is 15.3. The van der Waals surface area contributed by atoms with Crippen LogP contribution < -0.4 is 4.74 Å². The van der Waals surface area contributed by atoms with E-state index in [2.05, 4.69) is 64.6 Å². The fourth-order valence-corrected chi connectivity index (χ4v) is 4.25. The number of hydrogen-bond donors (Lipinski definition) is 1. The number of rotatable bonds is 3. The average molecular weight is 419 g/mol. The molecule has 156 valence electrons. The molecule has 0 unspecified atom stereocenters. The van der Waals surface area contributed by atoms with Gasteiger partial charge in [0.1, 0.15) is 11.5 Å². The molecule has 0 fully saturated rings. The summed E-state index contributed by atoms with van der Waals surface area (Å²) in [7, 11) is 1.66. The van der Waals surface area contributed by atoms with Gasteiger partial charge in [0.25, 0.3) is 0 Å². The van der Waals surface area contributed by atoms with Crippen LogP contribution in [0.1, 0.15) is 28.2 Å². The number of ether oxygens (including phenoxy) is 1. The summed E-state index contributed by atoms with van der Waals surface area (Å²) in [5.74, 6) is 2.32. The second kappa shape index (κ2) is 7.20. The highest BCUT2D eigenvalue weighted by atomic mass is 16.5. The Labute approximate surface area is 185 Å². The SMILES string of the molecule is COc1ccc(-c2nnc3n2N=C(c2ccc(C)cc2)c2[nH]c4ccccc4c2C3)cc1.